The van der Waals surface area contributed by atoms with Gasteiger partial charge in [-0.3, -0.25) is 9.00 Å². The van der Waals surface area contributed by atoms with Crippen LogP contribution in [0, 0.1) is 5.92 Å². The van der Waals surface area contributed by atoms with Crippen molar-refractivity contribution in [2.24, 2.45) is 5.92 Å². The van der Waals surface area contributed by atoms with Crippen LogP contribution >= 0.6 is 0 Å². The molecule has 1 heterocycles. The van der Waals surface area contributed by atoms with E-state index >= 15 is 0 Å². The number of aliphatic carboxylic acids is 1. The standard InChI is InChI=1S/C12H22N2O4S/c1-19(18)7-3-5-13-12(17)14-6-2-4-10(9-14)8-11(15)16/h10H,2-9H2,1H3,(H,13,17)(H,15,16). The number of likely N-dealkylation sites (tertiary alicyclic amines) is 1. The van der Waals surface area contributed by atoms with Crippen LogP contribution in [0.3, 0.4) is 0 Å². The SMILES string of the molecule is CS(=O)CCCNC(=O)N1CCCC(CC(=O)O)C1. The highest BCUT2D eigenvalue weighted by atomic mass is 32.2. The summed E-state index contributed by atoms with van der Waals surface area (Å²) in [5.74, 6) is -0.167. The first-order valence-corrected chi connectivity index (χ1v) is 8.26. The number of amides is 2. The van der Waals surface area contributed by atoms with Gasteiger partial charge < -0.3 is 15.3 Å². The third-order valence-corrected chi connectivity index (χ3v) is 4.02. The lowest BCUT2D eigenvalue weighted by Crippen LogP contribution is -2.46. The molecule has 0 aromatic rings. The van der Waals surface area contributed by atoms with Gasteiger partial charge in [0.25, 0.3) is 0 Å². The van der Waals surface area contributed by atoms with E-state index in [-0.39, 0.29) is 18.4 Å². The molecule has 2 atom stereocenters. The van der Waals surface area contributed by atoms with Gasteiger partial charge in [-0.2, -0.15) is 0 Å². The summed E-state index contributed by atoms with van der Waals surface area (Å²) in [7, 11) is -0.828. The topological polar surface area (TPSA) is 86.7 Å². The second-order valence-corrected chi connectivity index (χ2v) is 6.47. The molecule has 0 bridgehead atoms. The van der Waals surface area contributed by atoms with Crippen molar-refractivity contribution in [3.8, 4) is 0 Å². The third kappa shape index (κ3) is 6.56. The van der Waals surface area contributed by atoms with Crippen LogP contribution in [0.2, 0.25) is 0 Å². The summed E-state index contributed by atoms with van der Waals surface area (Å²) in [6, 6.07) is -0.142. The predicted octanol–water partition coefficient (Wildman–Crippen LogP) is 0.651. The molecule has 19 heavy (non-hydrogen) atoms. The number of piperidine rings is 1. The Hall–Kier alpha value is -1.11. The maximum atomic E-state index is 11.9. The fourth-order valence-electron chi connectivity index (χ4n) is 2.25. The van der Waals surface area contributed by atoms with Crippen LogP contribution in [0.4, 0.5) is 4.79 Å². The van der Waals surface area contributed by atoms with Crippen LogP contribution in [-0.4, -0.2) is 57.9 Å². The van der Waals surface area contributed by atoms with Crippen molar-refractivity contribution in [1.82, 2.24) is 10.2 Å². The fraction of sp³-hybridized carbons (Fsp3) is 0.833. The van der Waals surface area contributed by atoms with Crippen molar-refractivity contribution in [2.45, 2.75) is 25.7 Å². The van der Waals surface area contributed by atoms with E-state index in [1.807, 2.05) is 0 Å². The minimum atomic E-state index is -0.828. The third-order valence-electron chi connectivity index (χ3n) is 3.15. The van der Waals surface area contributed by atoms with Gasteiger partial charge in [-0.1, -0.05) is 0 Å². The predicted molar refractivity (Wildman–Crippen MR) is 73.5 cm³/mol. The lowest BCUT2D eigenvalue weighted by molar-refractivity contribution is -0.138. The summed E-state index contributed by atoms with van der Waals surface area (Å²) >= 11 is 0. The summed E-state index contributed by atoms with van der Waals surface area (Å²) in [6.07, 6.45) is 4.18. The van der Waals surface area contributed by atoms with Gasteiger partial charge in [0, 0.05) is 48.9 Å². The van der Waals surface area contributed by atoms with Gasteiger partial charge >= 0.3 is 12.0 Å². The minimum absolute atomic E-state index is 0.0557. The van der Waals surface area contributed by atoms with Crippen molar-refractivity contribution in [3.05, 3.63) is 0 Å². The zero-order valence-electron chi connectivity index (χ0n) is 11.3. The molecule has 7 heteroatoms. The number of hydrogen-bond donors (Lipinski definition) is 2. The summed E-state index contributed by atoms with van der Waals surface area (Å²) < 4.78 is 10.9. The summed E-state index contributed by atoms with van der Waals surface area (Å²) in [5.41, 5.74) is 0. The first-order valence-electron chi connectivity index (χ1n) is 6.53. The largest absolute Gasteiger partial charge is 0.481 e. The van der Waals surface area contributed by atoms with Gasteiger partial charge in [-0.15, -0.1) is 0 Å². The Bertz CT molecular complexity index is 349. The monoisotopic (exact) mass is 290 g/mol. The van der Waals surface area contributed by atoms with Crippen LogP contribution in [0.1, 0.15) is 25.7 Å². The Morgan fingerprint density at radius 3 is 2.84 bits per heavy atom. The lowest BCUT2D eigenvalue weighted by Gasteiger charge is -2.32. The average Bonchev–Trinajstić information content (AvgIpc) is 2.33. The molecule has 2 amide bonds. The van der Waals surface area contributed by atoms with Gasteiger partial charge in [0.15, 0.2) is 0 Å². The molecule has 110 valence electrons. The number of urea groups is 1. The zero-order chi connectivity index (χ0) is 14.3. The number of carboxylic acids is 1. The number of carbonyl (C=O) groups is 2. The Morgan fingerprint density at radius 1 is 1.47 bits per heavy atom. The van der Waals surface area contributed by atoms with Crippen LogP contribution in [0.25, 0.3) is 0 Å². The molecule has 0 saturated carbocycles. The van der Waals surface area contributed by atoms with Gasteiger partial charge in [-0.05, 0) is 25.2 Å². The molecule has 0 spiro atoms. The maximum absolute atomic E-state index is 11.9. The van der Waals surface area contributed by atoms with Crippen molar-refractivity contribution in [2.75, 3.05) is 31.6 Å². The number of carbonyl (C=O) groups excluding carboxylic acids is 1. The van der Waals surface area contributed by atoms with Crippen molar-refractivity contribution < 1.29 is 18.9 Å². The molecule has 1 saturated heterocycles. The van der Waals surface area contributed by atoms with Crippen molar-refractivity contribution in [1.29, 1.82) is 0 Å². The van der Waals surface area contributed by atoms with Gasteiger partial charge in [-0.25, -0.2) is 4.79 Å². The number of rotatable bonds is 6. The highest BCUT2D eigenvalue weighted by Crippen LogP contribution is 2.19. The Morgan fingerprint density at radius 2 is 2.21 bits per heavy atom. The summed E-state index contributed by atoms with van der Waals surface area (Å²) in [5, 5.41) is 11.6. The molecule has 1 rings (SSSR count). The Labute approximate surface area is 116 Å². The fourth-order valence-corrected chi connectivity index (χ4v) is 2.80. The Balaban J connectivity index is 2.27. The van der Waals surface area contributed by atoms with Crippen molar-refractivity contribution in [3.63, 3.8) is 0 Å². The second-order valence-electron chi connectivity index (χ2n) is 4.91. The van der Waals surface area contributed by atoms with Gasteiger partial charge in [0.2, 0.25) is 0 Å². The molecule has 2 unspecified atom stereocenters. The van der Waals surface area contributed by atoms with Crippen molar-refractivity contribution >= 4 is 22.8 Å². The molecular formula is C12H22N2O4S. The van der Waals surface area contributed by atoms with Crippen LogP contribution in [0.15, 0.2) is 0 Å². The smallest absolute Gasteiger partial charge is 0.317 e. The molecule has 1 fully saturated rings. The molecule has 6 nitrogen and oxygen atoms in total. The normalized spacial score (nSPS) is 20.9. The highest BCUT2D eigenvalue weighted by molar-refractivity contribution is 7.84. The van der Waals surface area contributed by atoms with Gasteiger partial charge in [0.05, 0.1) is 0 Å². The number of nitrogens with zero attached hydrogens (tertiary/aromatic N) is 1. The summed E-state index contributed by atoms with van der Waals surface area (Å²) in [6.45, 7) is 1.71. The van der Waals surface area contributed by atoms with E-state index in [4.69, 9.17) is 5.11 Å². The van der Waals surface area contributed by atoms with Crippen LogP contribution in [-0.2, 0) is 15.6 Å². The lowest BCUT2D eigenvalue weighted by atomic mass is 9.95. The number of nitrogens with one attached hydrogen (secondary N) is 1. The van der Waals surface area contributed by atoms with E-state index in [1.165, 1.54) is 0 Å². The van der Waals surface area contributed by atoms with E-state index in [0.717, 1.165) is 12.8 Å². The van der Waals surface area contributed by atoms with E-state index < -0.39 is 16.8 Å². The van der Waals surface area contributed by atoms with E-state index in [1.54, 1.807) is 11.2 Å². The Kier molecular flexibility index (Phi) is 6.83. The van der Waals surface area contributed by atoms with E-state index in [2.05, 4.69) is 5.32 Å². The number of hydrogen-bond acceptors (Lipinski definition) is 3. The molecule has 0 radical (unpaired) electrons. The average molecular weight is 290 g/mol. The molecule has 1 aliphatic rings. The molecular weight excluding hydrogens is 268 g/mol. The van der Waals surface area contributed by atoms with Crippen LogP contribution < -0.4 is 5.32 Å². The second kappa shape index (κ2) is 8.14. The zero-order valence-corrected chi connectivity index (χ0v) is 12.1. The number of carboxylic acid groups (broad SMARTS) is 1. The molecule has 0 aliphatic carbocycles. The minimum Gasteiger partial charge on any atom is -0.481 e. The first kappa shape index (κ1) is 15.9. The summed E-state index contributed by atoms with van der Waals surface area (Å²) in [4.78, 5) is 24.2. The molecule has 1 aliphatic heterocycles. The quantitative estimate of drug-likeness (QED) is 0.703. The highest BCUT2D eigenvalue weighted by Gasteiger charge is 2.24. The van der Waals surface area contributed by atoms with Gasteiger partial charge in [0.1, 0.15) is 0 Å². The van der Waals surface area contributed by atoms with E-state index in [9.17, 15) is 13.8 Å². The molecule has 2 N–H and O–H groups in total. The molecule has 0 aromatic carbocycles. The van der Waals surface area contributed by atoms with Crippen LogP contribution in [0.5, 0.6) is 0 Å². The first-order chi connectivity index (χ1) is 8.99. The van der Waals surface area contributed by atoms with E-state index in [0.29, 0.717) is 31.8 Å². The molecule has 0 aromatic heterocycles. The maximum Gasteiger partial charge on any atom is 0.317 e.